The number of hydrogen-bond acceptors (Lipinski definition) is 4. The third-order valence-electron chi connectivity index (χ3n) is 7.39. The molecule has 0 spiro atoms. The van der Waals surface area contributed by atoms with Gasteiger partial charge in [-0.25, -0.2) is 0 Å². The van der Waals surface area contributed by atoms with Crippen LogP contribution in [0.2, 0.25) is 0 Å². The first-order valence-corrected chi connectivity index (χ1v) is 10.4. The van der Waals surface area contributed by atoms with Gasteiger partial charge in [0.15, 0.2) is 0 Å². The highest BCUT2D eigenvalue weighted by Crippen LogP contribution is 2.51. The number of carbonyl (C=O) groups excluding carboxylic acids is 2. The van der Waals surface area contributed by atoms with Crippen LogP contribution < -0.4 is 15.4 Å². The molecule has 0 saturated carbocycles. The average Bonchev–Trinajstić information content (AvgIpc) is 3.13. The van der Waals surface area contributed by atoms with E-state index in [1.54, 1.807) is 7.11 Å². The molecule has 2 fully saturated rings. The van der Waals surface area contributed by atoms with Gasteiger partial charge in [0.25, 0.3) is 0 Å². The van der Waals surface area contributed by atoms with Crippen LogP contribution in [0.5, 0.6) is 5.75 Å². The summed E-state index contributed by atoms with van der Waals surface area (Å²) < 4.78 is 5.52. The lowest BCUT2D eigenvalue weighted by Gasteiger charge is -2.55. The van der Waals surface area contributed by atoms with E-state index < -0.39 is 0 Å². The summed E-state index contributed by atoms with van der Waals surface area (Å²) in [6.07, 6.45) is 4.10. The summed E-state index contributed by atoms with van der Waals surface area (Å²) in [5, 5.41) is 5.84. The molecule has 28 heavy (non-hydrogen) atoms. The van der Waals surface area contributed by atoms with Crippen molar-refractivity contribution in [2.45, 2.75) is 56.5 Å². The molecule has 2 heterocycles. The predicted molar refractivity (Wildman–Crippen MR) is 107 cm³/mol. The minimum atomic E-state index is -0.369. The molecule has 2 N–H and O–H groups in total. The molecule has 6 nitrogen and oxygen atoms in total. The third-order valence-corrected chi connectivity index (χ3v) is 7.39. The minimum Gasteiger partial charge on any atom is -0.497 e. The van der Waals surface area contributed by atoms with Gasteiger partial charge < -0.3 is 20.3 Å². The molecule has 4 atom stereocenters. The van der Waals surface area contributed by atoms with Gasteiger partial charge in [0.05, 0.1) is 7.11 Å². The number of fused-ring (bicyclic) bond motifs is 4. The van der Waals surface area contributed by atoms with Crippen LogP contribution in [0.15, 0.2) is 18.2 Å². The zero-order valence-electron chi connectivity index (χ0n) is 17.1. The van der Waals surface area contributed by atoms with E-state index >= 15 is 0 Å². The van der Waals surface area contributed by atoms with Crippen LogP contribution in [-0.2, 0) is 21.4 Å². The van der Waals surface area contributed by atoms with Crippen LogP contribution in [0.4, 0.5) is 0 Å². The molecule has 4 rings (SSSR count). The Kier molecular flexibility index (Phi) is 5.08. The van der Waals surface area contributed by atoms with Gasteiger partial charge in [-0.3, -0.25) is 9.59 Å². The van der Waals surface area contributed by atoms with E-state index in [4.69, 9.17) is 4.74 Å². The highest BCUT2D eigenvalue weighted by Gasteiger charge is 2.50. The molecule has 3 aliphatic rings. The van der Waals surface area contributed by atoms with Crippen LogP contribution in [0.25, 0.3) is 0 Å². The van der Waals surface area contributed by atoms with Gasteiger partial charge in [-0.1, -0.05) is 13.0 Å². The molecule has 2 amide bonds. The van der Waals surface area contributed by atoms with Gasteiger partial charge in [0, 0.05) is 24.4 Å². The van der Waals surface area contributed by atoms with Gasteiger partial charge in [0.1, 0.15) is 11.8 Å². The van der Waals surface area contributed by atoms with E-state index in [1.807, 2.05) is 0 Å². The Bertz CT molecular complexity index is 780. The van der Waals surface area contributed by atoms with E-state index in [1.165, 1.54) is 11.1 Å². The molecule has 0 radical (unpaired) electrons. The lowest BCUT2D eigenvalue weighted by Crippen LogP contribution is -2.58. The number of likely N-dealkylation sites (tertiary alicyclic amines) is 1. The van der Waals surface area contributed by atoms with Crippen molar-refractivity contribution in [3.8, 4) is 5.75 Å². The number of piperidine rings is 1. The van der Waals surface area contributed by atoms with Gasteiger partial charge >= 0.3 is 0 Å². The number of benzene rings is 1. The van der Waals surface area contributed by atoms with Gasteiger partial charge in [0.2, 0.25) is 11.8 Å². The van der Waals surface area contributed by atoms with Crippen molar-refractivity contribution in [3.63, 3.8) is 0 Å². The second-order valence-electron chi connectivity index (χ2n) is 8.67. The number of ether oxygens (including phenoxy) is 1. The van der Waals surface area contributed by atoms with E-state index in [9.17, 15) is 9.59 Å². The van der Waals surface area contributed by atoms with E-state index in [0.717, 1.165) is 31.6 Å². The molecule has 152 valence electrons. The first-order chi connectivity index (χ1) is 13.4. The maximum Gasteiger partial charge on any atom is 0.242 e. The van der Waals surface area contributed by atoms with Crippen molar-refractivity contribution < 1.29 is 14.3 Å². The first kappa shape index (κ1) is 19.2. The fraction of sp³-hybridized carbons (Fsp3) is 0.636. The fourth-order valence-corrected chi connectivity index (χ4v) is 5.61. The Morgan fingerprint density at radius 1 is 1.43 bits per heavy atom. The Hall–Kier alpha value is -2.08. The zero-order valence-corrected chi connectivity index (χ0v) is 17.1. The SMILES string of the molecule is COc1ccc2c(c1)[C@]1(CCNC(=O)[C@@H]3CCC(=O)N3)CCN(C)[C@H](C2)[C@@H]1C. The summed E-state index contributed by atoms with van der Waals surface area (Å²) in [6, 6.07) is 6.65. The molecular weight excluding hydrogens is 354 g/mol. The monoisotopic (exact) mass is 385 g/mol. The zero-order chi connectivity index (χ0) is 19.9. The van der Waals surface area contributed by atoms with Crippen LogP contribution in [0.3, 0.4) is 0 Å². The molecule has 2 bridgehead atoms. The van der Waals surface area contributed by atoms with E-state index in [0.29, 0.717) is 31.3 Å². The average molecular weight is 386 g/mol. The van der Waals surface area contributed by atoms with Crippen LogP contribution in [0, 0.1) is 5.92 Å². The lowest BCUT2D eigenvalue weighted by molar-refractivity contribution is -0.125. The minimum absolute atomic E-state index is 0.0289. The number of likely N-dealkylation sites (N-methyl/N-ethyl adjacent to an activating group) is 1. The molecule has 6 heteroatoms. The maximum atomic E-state index is 12.4. The van der Waals surface area contributed by atoms with Crippen molar-refractivity contribution in [2.24, 2.45) is 5.92 Å². The van der Waals surface area contributed by atoms with E-state index in [2.05, 4.69) is 47.7 Å². The van der Waals surface area contributed by atoms with Crippen molar-refractivity contribution in [2.75, 3.05) is 27.2 Å². The first-order valence-electron chi connectivity index (χ1n) is 10.4. The van der Waals surface area contributed by atoms with Crippen molar-refractivity contribution >= 4 is 11.8 Å². The summed E-state index contributed by atoms with van der Waals surface area (Å²) in [5.74, 6) is 1.33. The van der Waals surface area contributed by atoms with Crippen LogP contribution >= 0.6 is 0 Å². The fourth-order valence-electron chi connectivity index (χ4n) is 5.61. The maximum absolute atomic E-state index is 12.4. The molecule has 1 aromatic carbocycles. The summed E-state index contributed by atoms with van der Waals surface area (Å²) in [6.45, 7) is 4.06. The molecular formula is C22H31N3O3. The molecule has 2 saturated heterocycles. The quantitative estimate of drug-likeness (QED) is 0.808. The van der Waals surface area contributed by atoms with E-state index in [-0.39, 0.29) is 23.3 Å². The second-order valence-corrected chi connectivity index (χ2v) is 8.67. The summed E-state index contributed by atoms with van der Waals surface area (Å²) in [4.78, 5) is 26.3. The largest absolute Gasteiger partial charge is 0.497 e. The number of amides is 2. The number of carbonyl (C=O) groups is 2. The normalized spacial score (nSPS) is 31.8. The Morgan fingerprint density at radius 2 is 2.25 bits per heavy atom. The number of methoxy groups -OCH3 is 1. The third kappa shape index (κ3) is 3.17. The van der Waals surface area contributed by atoms with Crippen molar-refractivity contribution in [1.29, 1.82) is 0 Å². The highest BCUT2D eigenvalue weighted by molar-refractivity contribution is 5.90. The summed E-state index contributed by atoms with van der Waals surface area (Å²) in [5.41, 5.74) is 2.85. The molecule has 0 unspecified atom stereocenters. The van der Waals surface area contributed by atoms with Crippen molar-refractivity contribution in [3.05, 3.63) is 29.3 Å². The molecule has 1 aliphatic carbocycles. The van der Waals surface area contributed by atoms with Gasteiger partial charge in [-0.05, 0) is 68.5 Å². The van der Waals surface area contributed by atoms with Gasteiger partial charge in [-0.2, -0.15) is 0 Å². The second kappa shape index (κ2) is 7.39. The van der Waals surface area contributed by atoms with Crippen molar-refractivity contribution in [1.82, 2.24) is 15.5 Å². The number of nitrogens with one attached hydrogen (secondary N) is 2. The molecule has 0 aromatic heterocycles. The Labute approximate surface area is 167 Å². The summed E-state index contributed by atoms with van der Waals surface area (Å²) in [7, 11) is 3.94. The van der Waals surface area contributed by atoms with Crippen LogP contribution in [-0.4, -0.2) is 56.0 Å². The molecule has 2 aliphatic heterocycles. The Balaban J connectivity index is 1.55. The number of nitrogens with zero attached hydrogens (tertiary/aromatic N) is 1. The summed E-state index contributed by atoms with van der Waals surface area (Å²) >= 11 is 0. The van der Waals surface area contributed by atoms with Gasteiger partial charge in [-0.15, -0.1) is 0 Å². The topological polar surface area (TPSA) is 70.7 Å². The standard InChI is InChI=1S/C22H31N3O3/c1-14-19-12-15-4-5-16(28-3)13-17(15)22(14,9-11-25(19)2)8-10-23-21(27)18-6-7-20(26)24-18/h4-5,13-14,18-19H,6-12H2,1-3H3,(H,23,27)(H,24,26)/t14-,18-,19+,22+/m0/s1. The lowest BCUT2D eigenvalue weighted by atomic mass is 9.56. The number of hydrogen-bond donors (Lipinski definition) is 2. The smallest absolute Gasteiger partial charge is 0.242 e. The molecule has 1 aromatic rings. The Morgan fingerprint density at radius 3 is 2.96 bits per heavy atom. The highest BCUT2D eigenvalue weighted by atomic mass is 16.5. The van der Waals surface area contributed by atoms with Crippen LogP contribution in [0.1, 0.15) is 43.7 Å². The predicted octanol–water partition coefficient (Wildman–Crippen LogP) is 1.61. The number of rotatable bonds is 5.